The normalized spacial score (nSPS) is 11.9. The number of anilines is 1. The van der Waals surface area contributed by atoms with Gasteiger partial charge in [0.1, 0.15) is 11.4 Å². The number of halogens is 1. The van der Waals surface area contributed by atoms with Crippen LogP contribution >= 0.6 is 0 Å². The topological polar surface area (TPSA) is 49.3 Å². The monoisotopic (exact) mass is 287 g/mol. The Morgan fingerprint density at radius 2 is 1.90 bits per heavy atom. The SMILES string of the molecule is CC(CCc1ccccc1)Nc1cccc(F)c1C(=O)O. The summed E-state index contributed by atoms with van der Waals surface area (Å²) in [6, 6.07) is 14.4. The molecule has 2 aromatic carbocycles. The molecule has 0 radical (unpaired) electrons. The van der Waals surface area contributed by atoms with Gasteiger partial charge in [0.05, 0.1) is 5.69 Å². The Balaban J connectivity index is 2.01. The summed E-state index contributed by atoms with van der Waals surface area (Å²) in [5, 5.41) is 12.2. The Kier molecular flexibility index (Phi) is 4.93. The zero-order valence-electron chi connectivity index (χ0n) is 11.8. The van der Waals surface area contributed by atoms with Crippen LogP contribution in [0.2, 0.25) is 0 Å². The predicted octanol–water partition coefficient (Wildman–Crippen LogP) is 3.96. The largest absolute Gasteiger partial charge is 0.478 e. The Morgan fingerprint density at radius 3 is 2.57 bits per heavy atom. The minimum Gasteiger partial charge on any atom is -0.478 e. The van der Waals surface area contributed by atoms with Crippen LogP contribution in [0.15, 0.2) is 48.5 Å². The van der Waals surface area contributed by atoms with Gasteiger partial charge in [-0.05, 0) is 37.5 Å². The van der Waals surface area contributed by atoms with Crippen molar-refractivity contribution in [3.05, 3.63) is 65.5 Å². The first kappa shape index (κ1) is 15.0. The minimum atomic E-state index is -1.26. The van der Waals surface area contributed by atoms with Crippen molar-refractivity contribution in [3.8, 4) is 0 Å². The van der Waals surface area contributed by atoms with Gasteiger partial charge in [-0.25, -0.2) is 9.18 Å². The molecule has 1 unspecified atom stereocenters. The molecule has 0 aromatic heterocycles. The quantitative estimate of drug-likeness (QED) is 0.845. The Labute approximate surface area is 123 Å². The van der Waals surface area contributed by atoms with E-state index in [1.807, 2.05) is 25.1 Å². The van der Waals surface area contributed by atoms with Crippen LogP contribution in [-0.2, 0) is 6.42 Å². The van der Waals surface area contributed by atoms with E-state index in [4.69, 9.17) is 5.11 Å². The van der Waals surface area contributed by atoms with Crippen LogP contribution in [0.5, 0.6) is 0 Å². The molecular weight excluding hydrogens is 269 g/mol. The number of aryl methyl sites for hydroxylation is 1. The van der Waals surface area contributed by atoms with Crippen molar-refractivity contribution in [1.82, 2.24) is 0 Å². The molecule has 2 N–H and O–H groups in total. The molecule has 0 spiro atoms. The van der Waals surface area contributed by atoms with Gasteiger partial charge >= 0.3 is 5.97 Å². The van der Waals surface area contributed by atoms with Gasteiger partial charge in [-0.15, -0.1) is 0 Å². The molecule has 0 fully saturated rings. The summed E-state index contributed by atoms with van der Waals surface area (Å²) >= 11 is 0. The van der Waals surface area contributed by atoms with Gasteiger partial charge in [0.25, 0.3) is 0 Å². The fourth-order valence-corrected chi connectivity index (χ4v) is 2.23. The lowest BCUT2D eigenvalue weighted by Crippen LogP contribution is -2.18. The lowest BCUT2D eigenvalue weighted by atomic mass is 10.1. The molecule has 0 aliphatic rings. The number of carboxylic acid groups (broad SMARTS) is 1. The third-order valence-corrected chi connectivity index (χ3v) is 3.34. The predicted molar refractivity (Wildman–Crippen MR) is 81.2 cm³/mol. The van der Waals surface area contributed by atoms with Crippen LogP contribution in [0.3, 0.4) is 0 Å². The van der Waals surface area contributed by atoms with E-state index in [1.54, 1.807) is 6.07 Å². The van der Waals surface area contributed by atoms with Crippen LogP contribution in [0.4, 0.5) is 10.1 Å². The van der Waals surface area contributed by atoms with E-state index in [1.165, 1.54) is 11.6 Å². The molecule has 2 aromatic rings. The summed E-state index contributed by atoms with van der Waals surface area (Å²) in [6.07, 6.45) is 1.71. The van der Waals surface area contributed by atoms with E-state index in [9.17, 15) is 9.18 Å². The molecule has 1 atom stereocenters. The number of carbonyl (C=O) groups is 1. The van der Waals surface area contributed by atoms with Crippen molar-refractivity contribution in [3.63, 3.8) is 0 Å². The van der Waals surface area contributed by atoms with Crippen LogP contribution in [0.1, 0.15) is 29.3 Å². The number of nitrogens with one attached hydrogen (secondary N) is 1. The van der Waals surface area contributed by atoms with E-state index >= 15 is 0 Å². The molecule has 0 saturated carbocycles. The summed E-state index contributed by atoms with van der Waals surface area (Å²) in [4.78, 5) is 11.1. The third kappa shape index (κ3) is 4.05. The molecule has 2 rings (SSSR count). The second-order valence-electron chi connectivity index (χ2n) is 5.04. The average Bonchev–Trinajstić information content (AvgIpc) is 2.46. The fourth-order valence-electron chi connectivity index (χ4n) is 2.23. The molecule has 0 saturated heterocycles. The molecule has 0 aliphatic heterocycles. The van der Waals surface area contributed by atoms with Gasteiger partial charge in [0.2, 0.25) is 0 Å². The van der Waals surface area contributed by atoms with Gasteiger partial charge in [-0.2, -0.15) is 0 Å². The lowest BCUT2D eigenvalue weighted by Gasteiger charge is -2.17. The van der Waals surface area contributed by atoms with E-state index in [2.05, 4.69) is 17.4 Å². The van der Waals surface area contributed by atoms with E-state index in [0.717, 1.165) is 18.9 Å². The van der Waals surface area contributed by atoms with Crippen LogP contribution in [-0.4, -0.2) is 17.1 Å². The Hall–Kier alpha value is -2.36. The molecule has 21 heavy (non-hydrogen) atoms. The fraction of sp³-hybridized carbons (Fsp3) is 0.235. The summed E-state index contributed by atoms with van der Waals surface area (Å²) in [5.74, 6) is -1.98. The zero-order chi connectivity index (χ0) is 15.2. The maximum atomic E-state index is 13.6. The standard InChI is InChI=1S/C17H18FNO2/c1-12(10-11-13-6-3-2-4-7-13)19-15-9-5-8-14(18)16(15)17(20)21/h2-9,12,19H,10-11H2,1H3,(H,20,21). The van der Waals surface area contributed by atoms with E-state index in [-0.39, 0.29) is 11.6 Å². The maximum absolute atomic E-state index is 13.6. The number of benzene rings is 2. The van der Waals surface area contributed by atoms with Gasteiger partial charge in [-0.3, -0.25) is 0 Å². The van der Waals surface area contributed by atoms with Crippen molar-refractivity contribution in [2.24, 2.45) is 0 Å². The summed E-state index contributed by atoms with van der Waals surface area (Å²) in [6.45, 7) is 1.96. The highest BCUT2D eigenvalue weighted by Crippen LogP contribution is 2.20. The summed E-state index contributed by atoms with van der Waals surface area (Å²) in [7, 11) is 0. The van der Waals surface area contributed by atoms with Gasteiger partial charge in [0, 0.05) is 6.04 Å². The second kappa shape index (κ2) is 6.88. The van der Waals surface area contributed by atoms with E-state index in [0.29, 0.717) is 5.69 Å². The third-order valence-electron chi connectivity index (χ3n) is 3.34. The number of aromatic carboxylic acids is 1. The highest BCUT2D eigenvalue weighted by molar-refractivity contribution is 5.94. The van der Waals surface area contributed by atoms with Gasteiger partial charge in [0.15, 0.2) is 0 Å². The zero-order valence-corrected chi connectivity index (χ0v) is 11.8. The first-order chi connectivity index (χ1) is 10.1. The molecule has 4 heteroatoms. The first-order valence-corrected chi connectivity index (χ1v) is 6.90. The number of hydrogen-bond donors (Lipinski definition) is 2. The first-order valence-electron chi connectivity index (χ1n) is 6.90. The van der Waals surface area contributed by atoms with Crippen LogP contribution in [0, 0.1) is 5.82 Å². The molecule has 0 aliphatic carbocycles. The van der Waals surface area contributed by atoms with Gasteiger partial charge < -0.3 is 10.4 Å². The Morgan fingerprint density at radius 1 is 1.19 bits per heavy atom. The van der Waals surface area contributed by atoms with Crippen molar-refractivity contribution in [2.75, 3.05) is 5.32 Å². The van der Waals surface area contributed by atoms with Crippen molar-refractivity contribution in [1.29, 1.82) is 0 Å². The summed E-state index contributed by atoms with van der Waals surface area (Å²) < 4.78 is 13.6. The van der Waals surface area contributed by atoms with Crippen molar-refractivity contribution >= 4 is 11.7 Å². The number of hydrogen-bond acceptors (Lipinski definition) is 2. The molecule has 3 nitrogen and oxygen atoms in total. The van der Waals surface area contributed by atoms with Crippen molar-refractivity contribution in [2.45, 2.75) is 25.8 Å². The van der Waals surface area contributed by atoms with Crippen molar-refractivity contribution < 1.29 is 14.3 Å². The number of carboxylic acids is 1. The maximum Gasteiger partial charge on any atom is 0.340 e. The molecule has 110 valence electrons. The molecule has 0 heterocycles. The highest BCUT2D eigenvalue weighted by Gasteiger charge is 2.16. The minimum absolute atomic E-state index is 0.0464. The van der Waals surface area contributed by atoms with Crippen LogP contribution < -0.4 is 5.32 Å². The smallest absolute Gasteiger partial charge is 0.340 e. The molecular formula is C17H18FNO2. The Bertz CT molecular complexity index is 613. The number of rotatable bonds is 6. The van der Waals surface area contributed by atoms with Crippen LogP contribution in [0.25, 0.3) is 0 Å². The molecule has 0 amide bonds. The lowest BCUT2D eigenvalue weighted by molar-refractivity contribution is 0.0693. The average molecular weight is 287 g/mol. The summed E-state index contributed by atoms with van der Waals surface area (Å²) in [5.41, 5.74) is 1.25. The highest BCUT2D eigenvalue weighted by atomic mass is 19.1. The van der Waals surface area contributed by atoms with E-state index < -0.39 is 11.8 Å². The second-order valence-corrected chi connectivity index (χ2v) is 5.04. The molecule has 0 bridgehead atoms. The van der Waals surface area contributed by atoms with Gasteiger partial charge in [-0.1, -0.05) is 36.4 Å².